The van der Waals surface area contributed by atoms with Crippen LogP contribution in [-0.4, -0.2) is 15.5 Å². The summed E-state index contributed by atoms with van der Waals surface area (Å²) in [5, 5.41) is 13.8. The van der Waals surface area contributed by atoms with Crippen molar-refractivity contribution in [3.8, 4) is 11.8 Å². The molecule has 0 saturated carbocycles. The highest BCUT2D eigenvalue weighted by Crippen LogP contribution is 2.24. The number of nitriles is 1. The molecule has 0 radical (unpaired) electrons. The Balaban J connectivity index is 3.61. The van der Waals surface area contributed by atoms with E-state index in [1.807, 2.05) is 6.07 Å². The fraction of sp³-hybridized carbons (Fsp3) is 0.222. The highest BCUT2D eigenvalue weighted by atomic mass is 32.2. The first-order valence-corrected chi connectivity index (χ1v) is 5.56. The van der Waals surface area contributed by atoms with Gasteiger partial charge in [0, 0.05) is 6.07 Å². The van der Waals surface area contributed by atoms with E-state index in [1.165, 1.54) is 26.2 Å². The van der Waals surface area contributed by atoms with Crippen molar-refractivity contribution in [3.63, 3.8) is 0 Å². The van der Waals surface area contributed by atoms with Gasteiger partial charge < -0.3 is 4.74 Å². The van der Waals surface area contributed by atoms with Crippen molar-refractivity contribution in [2.24, 2.45) is 5.14 Å². The summed E-state index contributed by atoms with van der Waals surface area (Å²) in [6.07, 6.45) is 0. The molecule has 1 aromatic carbocycles. The number of primary sulfonamides is 1. The number of hydrogen-bond acceptors (Lipinski definition) is 4. The van der Waals surface area contributed by atoms with Crippen LogP contribution in [0.15, 0.2) is 17.0 Å². The van der Waals surface area contributed by atoms with Crippen LogP contribution in [0.5, 0.6) is 5.75 Å². The Hall–Kier alpha value is -1.58. The Bertz CT molecular complexity index is 529. The van der Waals surface area contributed by atoms with Crippen LogP contribution in [0.1, 0.15) is 11.1 Å². The summed E-state index contributed by atoms with van der Waals surface area (Å²) in [5.41, 5.74) is 0.569. The van der Waals surface area contributed by atoms with Gasteiger partial charge in [0.25, 0.3) is 0 Å². The van der Waals surface area contributed by atoms with Gasteiger partial charge in [0.15, 0.2) is 0 Å². The van der Waals surface area contributed by atoms with Gasteiger partial charge >= 0.3 is 0 Å². The molecule has 1 aromatic rings. The third kappa shape index (κ3) is 2.26. The lowest BCUT2D eigenvalue weighted by molar-refractivity contribution is 0.413. The first-order valence-electron chi connectivity index (χ1n) is 4.01. The Morgan fingerprint density at radius 3 is 2.47 bits per heavy atom. The molecule has 0 bridgehead atoms. The third-order valence-electron chi connectivity index (χ3n) is 2.00. The number of benzene rings is 1. The summed E-state index contributed by atoms with van der Waals surface area (Å²) >= 11 is 0. The van der Waals surface area contributed by atoms with E-state index in [2.05, 4.69) is 0 Å². The molecule has 0 unspecified atom stereocenters. The average molecular weight is 226 g/mol. The van der Waals surface area contributed by atoms with Crippen molar-refractivity contribution >= 4 is 10.0 Å². The lowest BCUT2D eigenvalue weighted by atomic mass is 10.1. The van der Waals surface area contributed by atoms with Gasteiger partial charge in [-0.1, -0.05) is 0 Å². The summed E-state index contributed by atoms with van der Waals surface area (Å²) in [7, 11) is -2.44. The predicted molar refractivity (Wildman–Crippen MR) is 53.8 cm³/mol. The number of methoxy groups -OCH3 is 1. The summed E-state index contributed by atoms with van der Waals surface area (Å²) in [4.78, 5) is -0.0848. The normalized spacial score (nSPS) is 10.8. The highest BCUT2D eigenvalue weighted by Gasteiger charge is 2.16. The molecule has 2 N–H and O–H groups in total. The van der Waals surface area contributed by atoms with E-state index >= 15 is 0 Å². The predicted octanol–water partition coefficient (Wildman–Crippen LogP) is 0.523. The number of ether oxygens (including phenoxy) is 1. The van der Waals surface area contributed by atoms with Crippen LogP contribution in [0.4, 0.5) is 0 Å². The molecule has 0 spiro atoms. The zero-order chi connectivity index (χ0) is 11.6. The van der Waals surface area contributed by atoms with Crippen LogP contribution < -0.4 is 9.88 Å². The molecule has 0 aliphatic carbocycles. The molecule has 0 atom stereocenters. The monoisotopic (exact) mass is 226 g/mol. The van der Waals surface area contributed by atoms with Crippen molar-refractivity contribution in [1.82, 2.24) is 0 Å². The molecule has 80 valence electrons. The lowest BCUT2D eigenvalue weighted by Crippen LogP contribution is -2.14. The summed E-state index contributed by atoms with van der Waals surface area (Å²) in [6, 6.07) is 4.64. The van der Waals surface area contributed by atoms with E-state index in [0.717, 1.165) is 0 Å². The van der Waals surface area contributed by atoms with Gasteiger partial charge in [-0.05, 0) is 18.6 Å². The molecule has 5 nitrogen and oxygen atoms in total. The Morgan fingerprint density at radius 1 is 1.47 bits per heavy atom. The van der Waals surface area contributed by atoms with Crippen LogP contribution in [0.25, 0.3) is 0 Å². The second kappa shape index (κ2) is 3.88. The fourth-order valence-electron chi connectivity index (χ4n) is 1.19. The maximum Gasteiger partial charge on any atom is 0.238 e. The standard InChI is InChI=1S/C9H10N2O3S/c1-6-7(5-10)3-8(14-2)4-9(6)15(11,12)13/h3-4H,1-2H3,(H2,11,12,13). The van der Waals surface area contributed by atoms with Crippen molar-refractivity contribution in [2.45, 2.75) is 11.8 Å². The highest BCUT2D eigenvalue weighted by molar-refractivity contribution is 7.89. The molecule has 6 heteroatoms. The Morgan fingerprint density at radius 2 is 2.07 bits per heavy atom. The number of nitrogens with zero attached hydrogens (tertiary/aromatic N) is 1. The van der Waals surface area contributed by atoms with Crippen molar-refractivity contribution in [3.05, 3.63) is 23.3 Å². The van der Waals surface area contributed by atoms with Gasteiger partial charge in [-0.15, -0.1) is 0 Å². The fourth-order valence-corrected chi connectivity index (χ4v) is 2.01. The average Bonchev–Trinajstić information content (AvgIpc) is 2.16. The first-order chi connectivity index (χ1) is 6.90. The Kier molecular flexibility index (Phi) is 2.98. The SMILES string of the molecule is COc1cc(C#N)c(C)c(S(N)(=O)=O)c1. The Labute approximate surface area is 88.1 Å². The summed E-state index contributed by atoms with van der Waals surface area (Å²) in [6.45, 7) is 1.53. The van der Waals surface area contributed by atoms with E-state index in [0.29, 0.717) is 11.3 Å². The van der Waals surface area contributed by atoms with Crippen LogP contribution in [-0.2, 0) is 10.0 Å². The molecule has 0 heterocycles. The van der Waals surface area contributed by atoms with E-state index in [-0.39, 0.29) is 10.5 Å². The molecule has 0 fully saturated rings. The second-order valence-electron chi connectivity index (χ2n) is 2.95. The van der Waals surface area contributed by atoms with Gasteiger partial charge in [0.1, 0.15) is 5.75 Å². The molecule has 1 rings (SSSR count). The van der Waals surface area contributed by atoms with Crippen LogP contribution in [0, 0.1) is 18.3 Å². The van der Waals surface area contributed by atoms with E-state index < -0.39 is 10.0 Å². The number of nitrogens with two attached hydrogens (primary N) is 1. The van der Waals surface area contributed by atoms with Crippen molar-refractivity contribution in [1.29, 1.82) is 5.26 Å². The van der Waals surface area contributed by atoms with Gasteiger partial charge in [-0.25, -0.2) is 13.6 Å². The van der Waals surface area contributed by atoms with E-state index in [9.17, 15) is 8.42 Å². The lowest BCUT2D eigenvalue weighted by Gasteiger charge is -2.08. The summed E-state index contributed by atoms with van der Waals surface area (Å²) in [5.74, 6) is 0.293. The van der Waals surface area contributed by atoms with Crippen LogP contribution >= 0.6 is 0 Å². The van der Waals surface area contributed by atoms with Gasteiger partial charge in [0.2, 0.25) is 10.0 Å². The second-order valence-corrected chi connectivity index (χ2v) is 4.48. The molecule has 15 heavy (non-hydrogen) atoms. The molecule has 0 aromatic heterocycles. The quantitative estimate of drug-likeness (QED) is 0.795. The van der Waals surface area contributed by atoms with Gasteiger partial charge in [-0.2, -0.15) is 5.26 Å². The topological polar surface area (TPSA) is 93.2 Å². The van der Waals surface area contributed by atoms with Crippen molar-refractivity contribution in [2.75, 3.05) is 7.11 Å². The number of hydrogen-bond donors (Lipinski definition) is 1. The smallest absolute Gasteiger partial charge is 0.238 e. The van der Waals surface area contributed by atoms with Crippen LogP contribution in [0.3, 0.4) is 0 Å². The molecule has 0 amide bonds. The van der Waals surface area contributed by atoms with E-state index in [4.69, 9.17) is 15.1 Å². The number of sulfonamides is 1. The van der Waals surface area contributed by atoms with Crippen LogP contribution in [0.2, 0.25) is 0 Å². The van der Waals surface area contributed by atoms with Crippen molar-refractivity contribution < 1.29 is 13.2 Å². The molecular formula is C9H10N2O3S. The zero-order valence-electron chi connectivity index (χ0n) is 8.31. The molecule has 0 saturated heterocycles. The van der Waals surface area contributed by atoms with Gasteiger partial charge in [-0.3, -0.25) is 0 Å². The maximum absolute atomic E-state index is 11.2. The zero-order valence-corrected chi connectivity index (χ0v) is 9.13. The van der Waals surface area contributed by atoms with E-state index in [1.54, 1.807) is 0 Å². The summed E-state index contributed by atoms with van der Waals surface area (Å²) < 4.78 is 27.3. The molecule has 0 aliphatic heterocycles. The van der Waals surface area contributed by atoms with Gasteiger partial charge in [0.05, 0.1) is 23.6 Å². The minimum absolute atomic E-state index is 0.0848. The first kappa shape index (κ1) is 11.5. The molecule has 0 aliphatic rings. The minimum Gasteiger partial charge on any atom is -0.497 e. The molecular weight excluding hydrogens is 216 g/mol. The maximum atomic E-state index is 11.2. The third-order valence-corrected chi connectivity index (χ3v) is 3.03. The largest absolute Gasteiger partial charge is 0.497 e. The minimum atomic E-state index is -3.83. The number of rotatable bonds is 2.